The molecule has 1 aliphatic heterocycles. The van der Waals surface area contributed by atoms with Crippen molar-refractivity contribution < 1.29 is 19.0 Å². The number of carbonyl (C=O) groups is 1. The first-order chi connectivity index (χ1) is 13.0. The predicted octanol–water partition coefficient (Wildman–Crippen LogP) is 1.66. The second-order valence-electron chi connectivity index (χ2n) is 6.87. The Labute approximate surface area is 158 Å². The number of aromatic nitrogens is 1. The van der Waals surface area contributed by atoms with Crippen LogP contribution in [0.4, 0.5) is 0 Å². The maximum Gasteiger partial charge on any atom is 0.260 e. The molecule has 7 nitrogen and oxygen atoms in total. The zero-order valence-electron chi connectivity index (χ0n) is 16.0. The van der Waals surface area contributed by atoms with E-state index in [4.69, 9.17) is 14.2 Å². The van der Waals surface area contributed by atoms with Crippen molar-refractivity contribution >= 4 is 16.7 Å². The normalized spacial score (nSPS) is 20.0. The number of hydrogen-bond donors (Lipinski definition) is 0. The van der Waals surface area contributed by atoms with E-state index in [2.05, 4.69) is 0 Å². The van der Waals surface area contributed by atoms with Gasteiger partial charge in [0.15, 0.2) is 6.61 Å². The molecule has 1 aromatic heterocycles. The van der Waals surface area contributed by atoms with Crippen LogP contribution in [0, 0.1) is 0 Å². The summed E-state index contributed by atoms with van der Waals surface area (Å²) in [4.78, 5) is 26.9. The number of carbonyl (C=O) groups excluding carboxylic acids is 1. The number of morpholine rings is 1. The molecular weight excluding hydrogens is 348 g/mol. The van der Waals surface area contributed by atoms with Crippen molar-refractivity contribution in [2.45, 2.75) is 32.6 Å². The highest BCUT2D eigenvalue weighted by molar-refractivity contribution is 5.88. The number of rotatable bonds is 6. The zero-order valence-corrected chi connectivity index (χ0v) is 16.0. The molecule has 0 spiro atoms. The maximum atomic E-state index is 12.6. The summed E-state index contributed by atoms with van der Waals surface area (Å²) in [5.74, 6) is 0.452. The molecule has 0 aliphatic carbocycles. The summed E-state index contributed by atoms with van der Waals surface area (Å²) in [6, 6.07) is 7.15. The minimum Gasteiger partial charge on any atom is -0.483 e. The Morgan fingerprint density at radius 2 is 1.93 bits per heavy atom. The highest BCUT2D eigenvalue weighted by Crippen LogP contribution is 2.23. The topological polar surface area (TPSA) is 70.0 Å². The first-order valence-corrected chi connectivity index (χ1v) is 9.16. The van der Waals surface area contributed by atoms with Crippen LogP contribution in [0.1, 0.15) is 13.8 Å². The average molecular weight is 374 g/mol. The van der Waals surface area contributed by atoms with Crippen molar-refractivity contribution in [1.29, 1.82) is 0 Å². The van der Waals surface area contributed by atoms with E-state index < -0.39 is 0 Å². The average Bonchev–Trinajstić information content (AvgIpc) is 2.65. The van der Waals surface area contributed by atoms with E-state index in [1.807, 2.05) is 19.9 Å². The fourth-order valence-corrected chi connectivity index (χ4v) is 3.39. The van der Waals surface area contributed by atoms with Crippen LogP contribution in [-0.2, 0) is 20.8 Å². The van der Waals surface area contributed by atoms with E-state index >= 15 is 0 Å². The standard InChI is InChI=1S/C20H26N2O5/c1-14-11-22(12-15(2)27-14)19(23)13-26-18-6-4-5-17-16(18)7-8-21(20(17)24)9-10-25-3/h4-8,14-15H,9-13H2,1-3H3. The summed E-state index contributed by atoms with van der Waals surface area (Å²) >= 11 is 0. The highest BCUT2D eigenvalue weighted by atomic mass is 16.5. The van der Waals surface area contributed by atoms with Gasteiger partial charge >= 0.3 is 0 Å². The van der Waals surface area contributed by atoms with Gasteiger partial charge in [0.2, 0.25) is 0 Å². The molecule has 1 saturated heterocycles. The fourth-order valence-electron chi connectivity index (χ4n) is 3.39. The molecule has 3 rings (SSSR count). The van der Waals surface area contributed by atoms with Gasteiger partial charge in [-0.3, -0.25) is 9.59 Å². The third-order valence-corrected chi connectivity index (χ3v) is 4.64. The molecule has 0 saturated carbocycles. The smallest absolute Gasteiger partial charge is 0.260 e. The number of amides is 1. The molecule has 2 aromatic rings. The molecule has 146 valence electrons. The van der Waals surface area contributed by atoms with Crippen LogP contribution in [0.5, 0.6) is 5.75 Å². The molecule has 1 amide bonds. The van der Waals surface area contributed by atoms with Gasteiger partial charge in [0.05, 0.1) is 24.2 Å². The van der Waals surface area contributed by atoms with Gasteiger partial charge in [-0.1, -0.05) is 6.07 Å². The summed E-state index contributed by atoms with van der Waals surface area (Å²) in [5, 5.41) is 1.26. The molecule has 27 heavy (non-hydrogen) atoms. The summed E-state index contributed by atoms with van der Waals surface area (Å²) in [6.07, 6.45) is 1.76. The molecule has 1 fully saturated rings. The molecule has 0 radical (unpaired) electrons. The lowest BCUT2D eigenvalue weighted by atomic mass is 10.1. The third kappa shape index (κ3) is 4.48. The number of ether oxygens (including phenoxy) is 3. The van der Waals surface area contributed by atoms with Crippen molar-refractivity contribution in [2.24, 2.45) is 0 Å². The fraction of sp³-hybridized carbons (Fsp3) is 0.500. The van der Waals surface area contributed by atoms with Crippen LogP contribution < -0.4 is 10.3 Å². The van der Waals surface area contributed by atoms with E-state index in [1.54, 1.807) is 41.0 Å². The molecule has 0 bridgehead atoms. The molecule has 1 aromatic carbocycles. The Morgan fingerprint density at radius 3 is 2.63 bits per heavy atom. The van der Waals surface area contributed by atoms with Crippen molar-refractivity contribution in [3.63, 3.8) is 0 Å². The summed E-state index contributed by atoms with van der Waals surface area (Å²) in [7, 11) is 1.60. The Bertz CT molecular complexity index is 853. The zero-order chi connectivity index (χ0) is 19.4. The molecule has 2 atom stereocenters. The Hall–Kier alpha value is -2.38. The summed E-state index contributed by atoms with van der Waals surface area (Å²) < 4.78 is 18.1. The number of nitrogens with zero attached hydrogens (tertiary/aromatic N) is 2. The van der Waals surface area contributed by atoms with Gasteiger partial charge in [0.1, 0.15) is 5.75 Å². The van der Waals surface area contributed by atoms with Crippen molar-refractivity contribution in [1.82, 2.24) is 9.47 Å². The molecule has 2 unspecified atom stereocenters. The highest BCUT2D eigenvalue weighted by Gasteiger charge is 2.26. The molecule has 2 heterocycles. The lowest BCUT2D eigenvalue weighted by molar-refractivity contribution is -0.145. The molecule has 1 aliphatic rings. The van der Waals surface area contributed by atoms with Crippen LogP contribution in [0.2, 0.25) is 0 Å². The van der Waals surface area contributed by atoms with Crippen LogP contribution in [0.3, 0.4) is 0 Å². The molecule has 7 heteroatoms. The van der Waals surface area contributed by atoms with Gasteiger partial charge in [-0.05, 0) is 32.0 Å². The third-order valence-electron chi connectivity index (χ3n) is 4.64. The van der Waals surface area contributed by atoms with Crippen LogP contribution in [0.15, 0.2) is 35.3 Å². The van der Waals surface area contributed by atoms with E-state index in [0.717, 1.165) is 0 Å². The Balaban J connectivity index is 1.74. The number of benzene rings is 1. The van der Waals surface area contributed by atoms with Crippen molar-refractivity contribution in [2.75, 3.05) is 33.4 Å². The first kappa shape index (κ1) is 19.4. The SMILES string of the molecule is COCCn1ccc2c(OCC(=O)N3CC(C)OC(C)C3)cccc2c1=O. The number of fused-ring (bicyclic) bond motifs is 1. The first-order valence-electron chi connectivity index (χ1n) is 9.16. The quantitative estimate of drug-likeness (QED) is 0.769. The van der Waals surface area contributed by atoms with E-state index in [9.17, 15) is 9.59 Å². The summed E-state index contributed by atoms with van der Waals surface area (Å²) in [6.45, 7) is 5.92. The second kappa shape index (κ2) is 8.54. The van der Waals surface area contributed by atoms with E-state index in [1.165, 1.54) is 0 Å². The van der Waals surface area contributed by atoms with Crippen LogP contribution in [0.25, 0.3) is 10.8 Å². The number of methoxy groups -OCH3 is 1. The van der Waals surface area contributed by atoms with E-state index in [0.29, 0.717) is 42.8 Å². The minimum absolute atomic E-state index is 0.0147. The van der Waals surface area contributed by atoms with Gasteiger partial charge < -0.3 is 23.7 Å². The van der Waals surface area contributed by atoms with Crippen molar-refractivity contribution in [3.8, 4) is 5.75 Å². The van der Waals surface area contributed by atoms with Gasteiger partial charge in [-0.2, -0.15) is 0 Å². The van der Waals surface area contributed by atoms with Gasteiger partial charge in [0.25, 0.3) is 11.5 Å². The Kier molecular flexibility index (Phi) is 6.13. The van der Waals surface area contributed by atoms with Crippen LogP contribution >= 0.6 is 0 Å². The minimum atomic E-state index is -0.0999. The predicted molar refractivity (Wildman–Crippen MR) is 102 cm³/mol. The van der Waals surface area contributed by atoms with Crippen molar-refractivity contribution in [3.05, 3.63) is 40.8 Å². The molecular formula is C20H26N2O5. The largest absolute Gasteiger partial charge is 0.483 e. The van der Waals surface area contributed by atoms with Gasteiger partial charge in [-0.15, -0.1) is 0 Å². The van der Waals surface area contributed by atoms with Gasteiger partial charge in [-0.25, -0.2) is 0 Å². The summed E-state index contributed by atoms with van der Waals surface area (Å²) in [5.41, 5.74) is -0.0999. The number of pyridine rings is 1. The second-order valence-corrected chi connectivity index (χ2v) is 6.87. The monoisotopic (exact) mass is 374 g/mol. The maximum absolute atomic E-state index is 12.6. The van der Waals surface area contributed by atoms with Crippen LogP contribution in [-0.4, -0.2) is 61.0 Å². The lowest BCUT2D eigenvalue weighted by Crippen LogP contribution is -2.49. The Morgan fingerprint density at radius 1 is 1.19 bits per heavy atom. The number of hydrogen-bond acceptors (Lipinski definition) is 5. The molecule has 0 N–H and O–H groups in total. The lowest BCUT2D eigenvalue weighted by Gasteiger charge is -2.35. The van der Waals surface area contributed by atoms with Gasteiger partial charge in [0, 0.05) is 38.3 Å². The van der Waals surface area contributed by atoms with E-state index in [-0.39, 0.29) is 30.3 Å².